The number of carbonyl (C=O) groups is 2. The molecule has 0 radical (unpaired) electrons. The number of halogens is 1. The van der Waals surface area contributed by atoms with Crippen molar-refractivity contribution in [1.82, 2.24) is 5.32 Å². The zero-order valence-corrected chi connectivity index (χ0v) is 24.6. The molecule has 0 saturated carbocycles. The minimum absolute atomic E-state index is 0.109. The molecule has 0 aliphatic carbocycles. The third-order valence-corrected chi connectivity index (χ3v) is 7.47. The van der Waals surface area contributed by atoms with Gasteiger partial charge in [0.2, 0.25) is 0 Å². The Labute approximate surface area is 247 Å². The molecule has 1 unspecified atom stereocenters. The molecule has 0 bridgehead atoms. The molecule has 0 saturated heterocycles. The fourth-order valence-corrected chi connectivity index (χ4v) is 5.40. The summed E-state index contributed by atoms with van der Waals surface area (Å²) in [7, 11) is 0. The summed E-state index contributed by atoms with van der Waals surface area (Å²) in [5.74, 6) is -0.827. The van der Waals surface area contributed by atoms with E-state index in [-0.39, 0.29) is 17.8 Å². The molecule has 42 heavy (non-hydrogen) atoms. The van der Waals surface area contributed by atoms with Gasteiger partial charge < -0.3 is 15.0 Å². The number of anilines is 1. The van der Waals surface area contributed by atoms with Gasteiger partial charge in [0.15, 0.2) is 0 Å². The average molecular weight is 565 g/mol. The third-order valence-electron chi connectivity index (χ3n) is 7.47. The molecule has 1 atom stereocenters. The van der Waals surface area contributed by atoms with E-state index in [0.29, 0.717) is 28.8 Å². The monoisotopic (exact) mass is 564 g/mol. The van der Waals surface area contributed by atoms with E-state index in [0.717, 1.165) is 41.8 Å². The predicted molar refractivity (Wildman–Crippen MR) is 165 cm³/mol. The lowest BCUT2D eigenvalue weighted by Gasteiger charge is -2.32. The lowest BCUT2D eigenvalue weighted by atomic mass is 9.96. The molecule has 5 nitrogen and oxygen atoms in total. The van der Waals surface area contributed by atoms with Crippen LogP contribution in [-0.2, 0) is 17.7 Å². The molecule has 5 rings (SSSR count). The van der Waals surface area contributed by atoms with Gasteiger partial charge in [0.05, 0.1) is 11.6 Å². The van der Waals surface area contributed by atoms with Crippen molar-refractivity contribution in [1.29, 1.82) is 0 Å². The second kappa shape index (κ2) is 12.2. The Bertz CT molecular complexity index is 1590. The first-order valence-electron chi connectivity index (χ1n) is 14.4. The van der Waals surface area contributed by atoms with Crippen molar-refractivity contribution in [2.24, 2.45) is 0 Å². The number of fused-ring (bicyclic) bond motifs is 1. The van der Waals surface area contributed by atoms with Crippen LogP contribution in [0.1, 0.15) is 77.6 Å². The zero-order valence-electron chi connectivity index (χ0n) is 24.6. The fourth-order valence-electron chi connectivity index (χ4n) is 5.40. The van der Waals surface area contributed by atoms with Gasteiger partial charge in [-0.2, -0.15) is 0 Å². The number of benzene rings is 4. The van der Waals surface area contributed by atoms with Crippen LogP contribution in [0.25, 0.3) is 11.1 Å². The number of esters is 1. The van der Waals surface area contributed by atoms with Crippen LogP contribution in [0.4, 0.5) is 10.1 Å². The number of rotatable bonds is 7. The van der Waals surface area contributed by atoms with Gasteiger partial charge in [0.1, 0.15) is 11.4 Å². The van der Waals surface area contributed by atoms with Crippen LogP contribution < -0.4 is 10.2 Å². The van der Waals surface area contributed by atoms with E-state index in [1.165, 1.54) is 6.07 Å². The molecule has 1 heterocycles. The minimum Gasteiger partial charge on any atom is -0.456 e. The second-order valence-electron chi connectivity index (χ2n) is 11.8. The van der Waals surface area contributed by atoms with Crippen molar-refractivity contribution < 1.29 is 18.7 Å². The maximum atomic E-state index is 15.2. The van der Waals surface area contributed by atoms with Gasteiger partial charge >= 0.3 is 5.97 Å². The Morgan fingerprint density at radius 2 is 1.69 bits per heavy atom. The summed E-state index contributed by atoms with van der Waals surface area (Å²) in [5.41, 5.74) is 5.57. The van der Waals surface area contributed by atoms with Gasteiger partial charge in [-0.1, -0.05) is 54.6 Å². The normalized spacial score (nSPS) is 13.7. The number of hydrogen-bond acceptors (Lipinski definition) is 4. The van der Waals surface area contributed by atoms with Crippen LogP contribution in [0.3, 0.4) is 0 Å². The van der Waals surface area contributed by atoms with E-state index < -0.39 is 11.6 Å². The number of carbonyl (C=O) groups excluding carboxylic acids is 2. The van der Waals surface area contributed by atoms with E-state index in [2.05, 4.69) is 10.2 Å². The molecule has 4 aromatic rings. The number of nitrogens with one attached hydrogen (secondary N) is 1. The van der Waals surface area contributed by atoms with Crippen LogP contribution in [0.5, 0.6) is 0 Å². The van der Waals surface area contributed by atoms with Gasteiger partial charge in [-0.25, -0.2) is 9.18 Å². The van der Waals surface area contributed by atoms with E-state index in [1.807, 2.05) is 94.4 Å². The highest BCUT2D eigenvalue weighted by Gasteiger charge is 2.23. The summed E-state index contributed by atoms with van der Waals surface area (Å²) >= 11 is 0. The van der Waals surface area contributed by atoms with Crippen LogP contribution in [0.15, 0.2) is 91.0 Å². The van der Waals surface area contributed by atoms with Gasteiger partial charge in [-0.3, -0.25) is 4.79 Å². The molecule has 1 aliphatic heterocycles. The summed E-state index contributed by atoms with van der Waals surface area (Å²) in [4.78, 5) is 28.1. The van der Waals surface area contributed by atoms with Crippen LogP contribution in [0, 0.1) is 5.82 Å². The summed E-state index contributed by atoms with van der Waals surface area (Å²) in [6.07, 6.45) is 1.76. The third kappa shape index (κ3) is 6.71. The van der Waals surface area contributed by atoms with E-state index >= 15 is 4.39 Å². The van der Waals surface area contributed by atoms with Crippen molar-refractivity contribution in [3.8, 4) is 11.1 Å². The van der Waals surface area contributed by atoms with Gasteiger partial charge in [0, 0.05) is 29.9 Å². The fraction of sp³-hybridized carbons (Fsp3) is 0.278. The summed E-state index contributed by atoms with van der Waals surface area (Å²) in [6.45, 7) is 8.63. The van der Waals surface area contributed by atoms with E-state index in [4.69, 9.17) is 4.74 Å². The molecular formula is C36H37FN2O3. The van der Waals surface area contributed by atoms with Crippen LogP contribution >= 0.6 is 0 Å². The van der Waals surface area contributed by atoms with Crippen molar-refractivity contribution in [2.45, 2.75) is 58.7 Å². The Morgan fingerprint density at radius 3 is 2.45 bits per heavy atom. The lowest BCUT2D eigenvalue weighted by Crippen LogP contribution is -2.30. The number of ether oxygens (including phenoxy) is 1. The predicted octanol–water partition coefficient (Wildman–Crippen LogP) is 7.89. The molecule has 216 valence electrons. The van der Waals surface area contributed by atoms with Crippen molar-refractivity contribution in [3.05, 3.63) is 125 Å². The van der Waals surface area contributed by atoms with Crippen molar-refractivity contribution in [3.63, 3.8) is 0 Å². The number of hydrogen-bond donors (Lipinski definition) is 1. The molecule has 1 aliphatic rings. The smallest absolute Gasteiger partial charge is 0.339 e. The maximum Gasteiger partial charge on any atom is 0.339 e. The van der Waals surface area contributed by atoms with Crippen molar-refractivity contribution >= 4 is 17.6 Å². The molecule has 0 fully saturated rings. The highest BCUT2D eigenvalue weighted by Crippen LogP contribution is 2.32. The first kappa shape index (κ1) is 29.1. The second-order valence-corrected chi connectivity index (χ2v) is 11.8. The van der Waals surface area contributed by atoms with E-state index in [1.54, 1.807) is 18.2 Å². The van der Waals surface area contributed by atoms with Gasteiger partial charge in [0.25, 0.3) is 5.91 Å². The molecule has 1 amide bonds. The number of aryl methyl sites for hydroxylation is 1. The molecular weight excluding hydrogens is 527 g/mol. The SMILES string of the molecule is CC(NC(=O)c1ccc2c(c1)CCCN2Cc1cc(-c2ccccc2C(=O)OC(C)(C)C)ccc1F)c1ccccc1. The number of nitrogens with zero attached hydrogens (tertiary/aromatic N) is 1. The van der Waals surface area contributed by atoms with Crippen LogP contribution in [0.2, 0.25) is 0 Å². The van der Waals surface area contributed by atoms with Gasteiger partial charge in [-0.05, 0) is 99.2 Å². The molecule has 0 spiro atoms. The maximum absolute atomic E-state index is 15.2. The molecule has 1 N–H and O–H groups in total. The minimum atomic E-state index is -0.625. The zero-order chi connectivity index (χ0) is 29.9. The van der Waals surface area contributed by atoms with Crippen molar-refractivity contribution in [2.75, 3.05) is 11.4 Å². The molecule has 6 heteroatoms. The Morgan fingerprint density at radius 1 is 0.952 bits per heavy atom. The standard InChI is InChI=1S/C36H37FN2O3/c1-24(25-11-6-5-7-12-25)38-34(40)28-17-19-33-27(22-28)13-10-20-39(33)23-29-21-26(16-18-32(29)37)30-14-8-9-15-31(30)35(41)42-36(2,3)4/h5-9,11-12,14-19,21-22,24H,10,13,20,23H2,1-4H3,(H,38,40). The lowest BCUT2D eigenvalue weighted by molar-refractivity contribution is 0.00703. The highest BCUT2D eigenvalue weighted by atomic mass is 19.1. The first-order chi connectivity index (χ1) is 20.1. The quantitative estimate of drug-likeness (QED) is 0.232. The van der Waals surface area contributed by atoms with Gasteiger partial charge in [-0.15, -0.1) is 0 Å². The summed E-state index contributed by atoms with van der Waals surface area (Å²) in [6, 6.07) is 27.8. The highest BCUT2D eigenvalue weighted by molar-refractivity contribution is 5.97. The number of amides is 1. The summed E-state index contributed by atoms with van der Waals surface area (Å²) < 4.78 is 20.8. The Kier molecular flexibility index (Phi) is 8.44. The largest absolute Gasteiger partial charge is 0.456 e. The van der Waals surface area contributed by atoms with E-state index in [9.17, 15) is 9.59 Å². The Hall–Kier alpha value is -4.45. The Balaban J connectivity index is 1.36. The average Bonchev–Trinajstić information content (AvgIpc) is 2.97. The van der Waals surface area contributed by atoms with Crippen LogP contribution in [-0.4, -0.2) is 24.0 Å². The molecule has 4 aromatic carbocycles. The molecule has 0 aromatic heterocycles. The summed E-state index contributed by atoms with van der Waals surface area (Å²) in [5, 5.41) is 3.09. The first-order valence-corrected chi connectivity index (χ1v) is 14.4. The topological polar surface area (TPSA) is 58.6 Å².